The molecule has 0 bridgehead atoms. The van der Waals surface area contributed by atoms with Gasteiger partial charge in [0.05, 0.1) is 6.61 Å². The number of nitrogen functional groups attached to an aromatic ring is 1. The van der Waals surface area contributed by atoms with Gasteiger partial charge in [-0.15, -0.1) is 10.2 Å². The summed E-state index contributed by atoms with van der Waals surface area (Å²) < 4.78 is 7.27. The zero-order chi connectivity index (χ0) is 12.4. The third kappa shape index (κ3) is 2.25. The molecule has 0 spiro atoms. The number of rotatable bonds is 4. The summed E-state index contributed by atoms with van der Waals surface area (Å²) in [5.74, 6) is 0.812. The summed E-state index contributed by atoms with van der Waals surface area (Å²) in [4.78, 5) is 0.803. The normalized spacial score (nSPS) is 10.9. The molecule has 0 radical (unpaired) electrons. The van der Waals surface area contributed by atoms with Crippen LogP contribution in [-0.2, 0) is 6.42 Å². The second-order valence-electron chi connectivity index (χ2n) is 3.72. The van der Waals surface area contributed by atoms with Crippen molar-refractivity contribution < 1.29 is 4.74 Å². The Morgan fingerprint density at radius 1 is 1.28 bits per heavy atom. The average Bonchev–Trinajstić information content (AvgIpc) is 2.92. The molecule has 7 heteroatoms. The van der Waals surface area contributed by atoms with E-state index >= 15 is 0 Å². The van der Waals surface area contributed by atoms with Gasteiger partial charge in [-0.3, -0.25) is 0 Å². The number of hydrogen-bond acceptors (Lipinski definition) is 6. The van der Waals surface area contributed by atoms with Gasteiger partial charge < -0.3 is 10.5 Å². The number of fused-ring (bicyclic) bond motifs is 1. The first kappa shape index (κ1) is 11.0. The Balaban J connectivity index is 1.58. The van der Waals surface area contributed by atoms with Crippen LogP contribution in [0.1, 0.15) is 5.01 Å². The molecule has 2 heterocycles. The van der Waals surface area contributed by atoms with Crippen molar-refractivity contribution in [1.82, 2.24) is 19.8 Å². The Bertz CT molecular complexity index is 616. The Labute approximate surface area is 107 Å². The van der Waals surface area contributed by atoms with Crippen LogP contribution in [-0.4, -0.2) is 26.4 Å². The Morgan fingerprint density at radius 3 is 2.89 bits per heavy atom. The van der Waals surface area contributed by atoms with Gasteiger partial charge in [-0.05, 0) is 24.3 Å². The molecule has 2 aromatic heterocycles. The molecule has 92 valence electrons. The lowest BCUT2D eigenvalue weighted by atomic mass is 10.3. The van der Waals surface area contributed by atoms with Crippen molar-refractivity contribution in [2.45, 2.75) is 6.42 Å². The third-order valence-electron chi connectivity index (χ3n) is 2.39. The van der Waals surface area contributed by atoms with Crippen LogP contribution in [0.4, 0.5) is 5.69 Å². The number of anilines is 1. The van der Waals surface area contributed by atoms with E-state index < -0.39 is 0 Å². The predicted octanol–water partition coefficient (Wildman–Crippen LogP) is 1.39. The van der Waals surface area contributed by atoms with Crippen molar-refractivity contribution in [1.29, 1.82) is 0 Å². The lowest BCUT2D eigenvalue weighted by Crippen LogP contribution is -2.01. The fourth-order valence-corrected chi connectivity index (χ4v) is 2.32. The molecule has 3 rings (SSSR count). The minimum absolute atomic E-state index is 0.577. The first-order chi connectivity index (χ1) is 8.81. The number of ether oxygens (including phenoxy) is 1. The molecular formula is C11H11N5OS. The van der Waals surface area contributed by atoms with Crippen molar-refractivity contribution in [2.24, 2.45) is 0 Å². The van der Waals surface area contributed by atoms with Crippen LogP contribution < -0.4 is 10.5 Å². The Hall–Kier alpha value is -2.15. The molecule has 0 saturated carbocycles. The molecule has 2 N–H and O–H groups in total. The molecule has 0 aliphatic heterocycles. The minimum atomic E-state index is 0.577. The maximum Gasteiger partial charge on any atom is 0.234 e. The van der Waals surface area contributed by atoms with Crippen molar-refractivity contribution in [3.05, 3.63) is 35.6 Å². The first-order valence-corrected chi connectivity index (χ1v) is 6.27. The fourth-order valence-electron chi connectivity index (χ4n) is 1.52. The molecule has 6 nitrogen and oxygen atoms in total. The van der Waals surface area contributed by atoms with E-state index in [1.54, 1.807) is 10.8 Å². The van der Waals surface area contributed by atoms with Crippen LogP contribution in [0.3, 0.4) is 0 Å². The summed E-state index contributed by atoms with van der Waals surface area (Å²) in [5, 5.41) is 13.0. The summed E-state index contributed by atoms with van der Waals surface area (Å²) in [6.45, 7) is 0.577. The standard InChI is InChI=1S/C11H11N5OS/c12-8-1-3-9(4-2-8)17-6-5-10-15-16-7-13-14-11(16)18-10/h1-4,7H,5-6,12H2. The maximum absolute atomic E-state index is 5.60. The summed E-state index contributed by atoms with van der Waals surface area (Å²) in [6, 6.07) is 7.35. The first-order valence-electron chi connectivity index (χ1n) is 5.45. The van der Waals surface area contributed by atoms with E-state index in [0.29, 0.717) is 6.61 Å². The monoisotopic (exact) mass is 261 g/mol. The molecule has 0 aliphatic rings. The number of benzene rings is 1. The zero-order valence-electron chi connectivity index (χ0n) is 9.48. The van der Waals surface area contributed by atoms with Gasteiger partial charge >= 0.3 is 0 Å². The van der Waals surface area contributed by atoms with Crippen LogP contribution in [0.25, 0.3) is 4.96 Å². The molecule has 0 aliphatic carbocycles. The van der Waals surface area contributed by atoms with Gasteiger partial charge in [-0.2, -0.15) is 9.61 Å². The minimum Gasteiger partial charge on any atom is -0.493 e. The highest BCUT2D eigenvalue weighted by atomic mass is 32.1. The molecule has 0 saturated heterocycles. The highest BCUT2D eigenvalue weighted by Crippen LogP contribution is 2.15. The molecule has 0 fully saturated rings. The van der Waals surface area contributed by atoms with E-state index in [9.17, 15) is 0 Å². The molecule has 18 heavy (non-hydrogen) atoms. The van der Waals surface area contributed by atoms with Crippen LogP contribution in [0.5, 0.6) is 5.75 Å². The van der Waals surface area contributed by atoms with Gasteiger partial charge in [0.1, 0.15) is 17.1 Å². The second-order valence-corrected chi connectivity index (χ2v) is 4.76. The fraction of sp³-hybridized carbons (Fsp3) is 0.182. The van der Waals surface area contributed by atoms with E-state index in [-0.39, 0.29) is 0 Å². The van der Waals surface area contributed by atoms with Gasteiger partial charge in [0.25, 0.3) is 0 Å². The molecule has 1 aromatic carbocycles. The SMILES string of the molecule is Nc1ccc(OCCc2nn3cnnc3s2)cc1. The third-order valence-corrected chi connectivity index (χ3v) is 3.37. The number of hydrogen-bond donors (Lipinski definition) is 1. The largest absolute Gasteiger partial charge is 0.493 e. The summed E-state index contributed by atoms with van der Waals surface area (Å²) in [5.41, 5.74) is 6.33. The van der Waals surface area contributed by atoms with E-state index in [1.165, 1.54) is 11.3 Å². The van der Waals surface area contributed by atoms with E-state index in [0.717, 1.165) is 27.8 Å². The molecule has 3 aromatic rings. The molecule has 0 amide bonds. The van der Waals surface area contributed by atoms with E-state index in [1.807, 2.05) is 24.3 Å². The van der Waals surface area contributed by atoms with Crippen molar-refractivity contribution in [3.8, 4) is 5.75 Å². The second kappa shape index (κ2) is 4.61. The Kier molecular flexibility index (Phi) is 2.81. The molecule has 0 atom stereocenters. The smallest absolute Gasteiger partial charge is 0.234 e. The zero-order valence-corrected chi connectivity index (χ0v) is 10.3. The van der Waals surface area contributed by atoms with Gasteiger partial charge in [0.2, 0.25) is 4.96 Å². The van der Waals surface area contributed by atoms with Gasteiger partial charge in [0.15, 0.2) is 0 Å². The predicted molar refractivity (Wildman–Crippen MR) is 68.7 cm³/mol. The highest BCUT2D eigenvalue weighted by molar-refractivity contribution is 7.16. The number of nitrogens with zero attached hydrogens (tertiary/aromatic N) is 4. The number of nitrogens with two attached hydrogens (primary N) is 1. The average molecular weight is 261 g/mol. The van der Waals surface area contributed by atoms with Crippen molar-refractivity contribution >= 4 is 22.0 Å². The van der Waals surface area contributed by atoms with Gasteiger partial charge in [0, 0.05) is 12.1 Å². The van der Waals surface area contributed by atoms with Gasteiger partial charge in [-0.1, -0.05) is 11.3 Å². The van der Waals surface area contributed by atoms with Crippen LogP contribution >= 0.6 is 11.3 Å². The topological polar surface area (TPSA) is 78.3 Å². The Morgan fingerprint density at radius 2 is 2.11 bits per heavy atom. The van der Waals surface area contributed by atoms with Crippen LogP contribution in [0, 0.1) is 0 Å². The molecule has 0 unspecified atom stereocenters. The lowest BCUT2D eigenvalue weighted by molar-refractivity contribution is 0.321. The van der Waals surface area contributed by atoms with E-state index in [2.05, 4.69) is 15.3 Å². The summed E-state index contributed by atoms with van der Waals surface area (Å²) >= 11 is 1.52. The quantitative estimate of drug-likeness (QED) is 0.718. The van der Waals surface area contributed by atoms with Crippen LogP contribution in [0.2, 0.25) is 0 Å². The summed E-state index contributed by atoms with van der Waals surface area (Å²) in [6.07, 6.45) is 2.34. The summed E-state index contributed by atoms with van der Waals surface area (Å²) in [7, 11) is 0. The highest BCUT2D eigenvalue weighted by Gasteiger charge is 2.05. The van der Waals surface area contributed by atoms with Gasteiger partial charge in [-0.25, -0.2) is 0 Å². The number of aromatic nitrogens is 4. The van der Waals surface area contributed by atoms with Crippen molar-refractivity contribution in [2.75, 3.05) is 12.3 Å². The molecular weight excluding hydrogens is 250 g/mol. The maximum atomic E-state index is 5.60. The lowest BCUT2D eigenvalue weighted by Gasteiger charge is -2.04. The van der Waals surface area contributed by atoms with Crippen molar-refractivity contribution in [3.63, 3.8) is 0 Å². The van der Waals surface area contributed by atoms with E-state index in [4.69, 9.17) is 10.5 Å². The van der Waals surface area contributed by atoms with Crippen LogP contribution in [0.15, 0.2) is 30.6 Å².